The SMILES string of the molecule is CC1(C)CCOC(=O)OC1. The van der Waals surface area contributed by atoms with Crippen LogP contribution < -0.4 is 0 Å². The Kier molecular flexibility index (Phi) is 1.83. The third kappa shape index (κ3) is 1.90. The summed E-state index contributed by atoms with van der Waals surface area (Å²) < 4.78 is 9.43. The molecule has 3 nitrogen and oxygen atoms in total. The number of rotatable bonds is 0. The van der Waals surface area contributed by atoms with Crippen molar-refractivity contribution >= 4 is 6.16 Å². The van der Waals surface area contributed by atoms with Crippen LogP contribution in [-0.4, -0.2) is 19.4 Å². The van der Waals surface area contributed by atoms with E-state index in [9.17, 15) is 4.79 Å². The van der Waals surface area contributed by atoms with Gasteiger partial charge >= 0.3 is 6.16 Å². The van der Waals surface area contributed by atoms with E-state index < -0.39 is 6.16 Å². The van der Waals surface area contributed by atoms with Crippen LogP contribution in [0, 0.1) is 5.41 Å². The van der Waals surface area contributed by atoms with Gasteiger partial charge in [0.15, 0.2) is 0 Å². The van der Waals surface area contributed by atoms with Crippen LogP contribution in [0.4, 0.5) is 4.79 Å². The normalized spacial score (nSPS) is 24.4. The van der Waals surface area contributed by atoms with Crippen molar-refractivity contribution in [3.63, 3.8) is 0 Å². The van der Waals surface area contributed by atoms with Crippen LogP contribution in [0.2, 0.25) is 0 Å². The summed E-state index contributed by atoms with van der Waals surface area (Å²) in [6.07, 6.45) is 0.337. The number of carbonyl (C=O) groups is 1. The van der Waals surface area contributed by atoms with E-state index in [-0.39, 0.29) is 5.41 Å². The molecule has 0 bridgehead atoms. The third-order valence-corrected chi connectivity index (χ3v) is 1.58. The van der Waals surface area contributed by atoms with Crippen molar-refractivity contribution in [1.82, 2.24) is 0 Å². The Morgan fingerprint density at radius 1 is 1.40 bits per heavy atom. The van der Waals surface area contributed by atoms with Gasteiger partial charge in [-0.3, -0.25) is 0 Å². The van der Waals surface area contributed by atoms with Crippen LogP contribution >= 0.6 is 0 Å². The molecule has 1 aliphatic rings. The van der Waals surface area contributed by atoms with Crippen molar-refractivity contribution < 1.29 is 14.3 Å². The summed E-state index contributed by atoms with van der Waals surface area (Å²) in [5.41, 5.74) is 0.0756. The van der Waals surface area contributed by atoms with Gasteiger partial charge in [-0.25, -0.2) is 4.79 Å². The molecule has 0 amide bonds. The average Bonchev–Trinajstić information content (AvgIpc) is 1.94. The van der Waals surface area contributed by atoms with Gasteiger partial charge in [0.1, 0.15) is 6.61 Å². The number of hydrogen-bond acceptors (Lipinski definition) is 3. The van der Waals surface area contributed by atoms with Crippen molar-refractivity contribution in [3.05, 3.63) is 0 Å². The van der Waals surface area contributed by atoms with Gasteiger partial charge in [-0.05, 0) is 6.42 Å². The molecule has 0 unspecified atom stereocenters. The first-order valence-electron chi connectivity index (χ1n) is 3.40. The summed E-state index contributed by atoms with van der Waals surface area (Å²) in [5.74, 6) is 0. The molecule has 58 valence electrons. The van der Waals surface area contributed by atoms with Gasteiger partial charge in [-0.15, -0.1) is 0 Å². The van der Waals surface area contributed by atoms with Gasteiger partial charge in [-0.2, -0.15) is 0 Å². The maximum Gasteiger partial charge on any atom is 0.508 e. The quantitative estimate of drug-likeness (QED) is 0.484. The smallest absolute Gasteiger partial charge is 0.434 e. The highest BCUT2D eigenvalue weighted by Crippen LogP contribution is 2.22. The molecule has 0 atom stereocenters. The summed E-state index contributed by atoms with van der Waals surface area (Å²) >= 11 is 0. The van der Waals surface area contributed by atoms with Crippen molar-refractivity contribution in [2.45, 2.75) is 20.3 Å². The van der Waals surface area contributed by atoms with Crippen LogP contribution in [0.5, 0.6) is 0 Å². The van der Waals surface area contributed by atoms with Crippen LogP contribution in [-0.2, 0) is 9.47 Å². The molecule has 0 spiro atoms. The zero-order valence-electron chi connectivity index (χ0n) is 6.35. The fourth-order valence-corrected chi connectivity index (χ4v) is 0.779. The molecule has 1 aliphatic heterocycles. The minimum atomic E-state index is -0.537. The first-order chi connectivity index (χ1) is 4.60. The van der Waals surface area contributed by atoms with Crippen molar-refractivity contribution in [3.8, 4) is 0 Å². The fraction of sp³-hybridized carbons (Fsp3) is 0.857. The fourth-order valence-electron chi connectivity index (χ4n) is 0.779. The minimum absolute atomic E-state index is 0.0756. The highest BCUT2D eigenvalue weighted by atomic mass is 16.7. The van der Waals surface area contributed by atoms with Gasteiger partial charge in [0, 0.05) is 5.41 Å². The maximum atomic E-state index is 10.5. The molecule has 10 heavy (non-hydrogen) atoms. The second kappa shape index (κ2) is 2.48. The number of hydrogen-bond donors (Lipinski definition) is 0. The van der Waals surface area contributed by atoms with Crippen LogP contribution in [0.15, 0.2) is 0 Å². The predicted molar refractivity (Wildman–Crippen MR) is 35.7 cm³/mol. The molecular weight excluding hydrogens is 132 g/mol. The molecule has 0 aromatic carbocycles. The standard InChI is InChI=1S/C7H12O3/c1-7(2)3-4-9-6(8)10-5-7/h3-5H2,1-2H3. The molecule has 1 rings (SSSR count). The Balaban J connectivity index is 2.48. The third-order valence-electron chi connectivity index (χ3n) is 1.58. The number of cyclic esters (lactones) is 2. The summed E-state index contributed by atoms with van der Waals surface area (Å²) in [6.45, 7) is 5.04. The van der Waals surface area contributed by atoms with Crippen LogP contribution in [0.1, 0.15) is 20.3 Å². The van der Waals surface area contributed by atoms with Crippen molar-refractivity contribution in [2.24, 2.45) is 5.41 Å². The highest BCUT2D eigenvalue weighted by molar-refractivity contribution is 5.60. The summed E-state index contributed by atoms with van der Waals surface area (Å²) in [6, 6.07) is 0. The Morgan fingerprint density at radius 3 is 2.80 bits per heavy atom. The van der Waals surface area contributed by atoms with E-state index in [4.69, 9.17) is 4.74 Å². The van der Waals surface area contributed by atoms with E-state index in [1.165, 1.54) is 0 Å². The van der Waals surface area contributed by atoms with Crippen molar-refractivity contribution in [1.29, 1.82) is 0 Å². The largest absolute Gasteiger partial charge is 0.508 e. The van der Waals surface area contributed by atoms with Gasteiger partial charge in [0.05, 0.1) is 6.61 Å². The van der Waals surface area contributed by atoms with Gasteiger partial charge in [-0.1, -0.05) is 13.8 Å². The Hall–Kier alpha value is -0.730. The lowest BCUT2D eigenvalue weighted by Crippen LogP contribution is -2.17. The summed E-state index contributed by atoms with van der Waals surface area (Å²) in [7, 11) is 0. The zero-order valence-corrected chi connectivity index (χ0v) is 6.35. The lowest BCUT2D eigenvalue weighted by Gasteiger charge is -2.18. The first-order valence-corrected chi connectivity index (χ1v) is 3.40. The average molecular weight is 144 g/mol. The molecule has 0 radical (unpaired) electrons. The molecule has 0 saturated carbocycles. The number of ether oxygens (including phenoxy) is 2. The van der Waals surface area contributed by atoms with E-state index in [0.717, 1.165) is 6.42 Å². The van der Waals surface area contributed by atoms with Gasteiger partial charge in [0.2, 0.25) is 0 Å². The molecule has 0 aromatic heterocycles. The maximum absolute atomic E-state index is 10.5. The Bertz CT molecular complexity index is 140. The van der Waals surface area contributed by atoms with E-state index in [2.05, 4.69) is 18.6 Å². The summed E-state index contributed by atoms with van der Waals surface area (Å²) in [4.78, 5) is 10.5. The molecule has 1 heterocycles. The van der Waals surface area contributed by atoms with E-state index in [1.807, 2.05) is 0 Å². The van der Waals surface area contributed by atoms with Crippen molar-refractivity contribution in [2.75, 3.05) is 13.2 Å². The molecule has 0 aliphatic carbocycles. The lowest BCUT2D eigenvalue weighted by molar-refractivity contribution is 0.0638. The first kappa shape index (κ1) is 7.38. The van der Waals surface area contributed by atoms with E-state index in [1.54, 1.807) is 0 Å². The molecule has 3 heteroatoms. The van der Waals surface area contributed by atoms with Crippen LogP contribution in [0.3, 0.4) is 0 Å². The Morgan fingerprint density at radius 2 is 2.10 bits per heavy atom. The minimum Gasteiger partial charge on any atom is -0.434 e. The van der Waals surface area contributed by atoms with Gasteiger partial charge < -0.3 is 9.47 Å². The second-order valence-electron chi connectivity index (χ2n) is 3.30. The summed E-state index contributed by atoms with van der Waals surface area (Å²) in [5, 5.41) is 0. The van der Waals surface area contributed by atoms with Gasteiger partial charge in [0.25, 0.3) is 0 Å². The van der Waals surface area contributed by atoms with E-state index >= 15 is 0 Å². The van der Waals surface area contributed by atoms with E-state index in [0.29, 0.717) is 13.2 Å². The molecular formula is C7H12O3. The molecule has 0 N–H and O–H groups in total. The monoisotopic (exact) mass is 144 g/mol. The lowest BCUT2D eigenvalue weighted by atomic mass is 9.91. The highest BCUT2D eigenvalue weighted by Gasteiger charge is 2.24. The number of carbonyl (C=O) groups excluding carboxylic acids is 1. The predicted octanol–water partition coefficient (Wildman–Crippen LogP) is 1.57. The van der Waals surface area contributed by atoms with Crippen LogP contribution in [0.25, 0.3) is 0 Å². The zero-order chi connectivity index (χ0) is 7.61. The molecule has 0 aromatic rings. The second-order valence-corrected chi connectivity index (χ2v) is 3.30. The Labute approximate surface area is 60.3 Å². The molecule has 1 saturated heterocycles. The molecule has 1 fully saturated rings. The topological polar surface area (TPSA) is 35.5 Å².